The summed E-state index contributed by atoms with van der Waals surface area (Å²) in [4.78, 5) is 13.0. The molecule has 1 aliphatic heterocycles. The lowest BCUT2D eigenvalue weighted by atomic mass is 9.87. The number of methoxy groups -OCH3 is 2. The van der Waals surface area contributed by atoms with Gasteiger partial charge >= 0.3 is 5.97 Å². The van der Waals surface area contributed by atoms with Gasteiger partial charge in [-0.15, -0.1) is 0 Å². The zero-order chi connectivity index (χ0) is 31.7. The summed E-state index contributed by atoms with van der Waals surface area (Å²) in [5.41, 5.74) is 0.748. The van der Waals surface area contributed by atoms with Crippen LogP contribution in [-0.2, 0) is 28.4 Å². The minimum atomic E-state index is -1.75. The molecule has 1 heterocycles. The molecule has 7 atom stereocenters. The van der Waals surface area contributed by atoms with E-state index in [4.69, 9.17) is 28.4 Å². The second-order valence-electron chi connectivity index (χ2n) is 11.0. The first-order chi connectivity index (χ1) is 20.4. The van der Waals surface area contributed by atoms with Gasteiger partial charge in [-0.1, -0.05) is 37.3 Å². The summed E-state index contributed by atoms with van der Waals surface area (Å²) in [7, 11) is 2.94. The van der Waals surface area contributed by atoms with Gasteiger partial charge in [0.1, 0.15) is 24.5 Å². The third-order valence-corrected chi connectivity index (χ3v) is 7.21. The number of ether oxygens (including phenoxy) is 6. The van der Waals surface area contributed by atoms with Crippen LogP contribution in [0.15, 0.2) is 77.9 Å². The van der Waals surface area contributed by atoms with Crippen LogP contribution in [-0.4, -0.2) is 84.9 Å². The lowest BCUT2D eigenvalue weighted by molar-refractivity contribution is -0.154. The molecular weight excluding hydrogens is 563 g/mol. The van der Waals surface area contributed by atoms with Gasteiger partial charge < -0.3 is 43.7 Å². The van der Waals surface area contributed by atoms with Crippen molar-refractivity contribution < 1.29 is 52.9 Å². The average Bonchev–Trinajstić information content (AvgIpc) is 3.27. The third kappa shape index (κ3) is 9.54. The standard InChI is InChI=1S/C32H43FO10/c1-19(20(2)34)15-24(33)28(41-31(37)21-11-8-7-9-12-21)29-25(42-32(3,4)43-29)14-10-13-22-16-23(39-6)17-26(40-18-38-5)27(22)30(35)36/h7-13,15-17,19-20,25-30,34-36H,14,18H2,1-6H3/b13-10+,24-15+/t19-,20-,25-,26+,27?,28?,29-/m0/s1. The highest BCUT2D eigenvalue weighted by Crippen LogP contribution is 2.37. The highest BCUT2D eigenvalue weighted by molar-refractivity contribution is 5.89. The monoisotopic (exact) mass is 606 g/mol. The molecule has 3 rings (SSSR count). The van der Waals surface area contributed by atoms with Gasteiger partial charge in [0.2, 0.25) is 0 Å². The first-order valence-electron chi connectivity index (χ1n) is 14.1. The number of halogens is 1. The van der Waals surface area contributed by atoms with Gasteiger partial charge in [0, 0.05) is 13.0 Å². The lowest BCUT2D eigenvalue weighted by Crippen LogP contribution is -2.39. The normalized spacial score (nSPS) is 26.2. The van der Waals surface area contributed by atoms with Gasteiger partial charge in [-0.25, -0.2) is 9.18 Å². The Hall–Kier alpha value is -2.90. The fraction of sp³-hybridized carbons (Fsp3) is 0.531. The molecule has 0 aromatic heterocycles. The molecule has 10 nitrogen and oxygen atoms in total. The van der Waals surface area contributed by atoms with Gasteiger partial charge in [-0.2, -0.15) is 0 Å². The van der Waals surface area contributed by atoms with Gasteiger partial charge in [0.15, 0.2) is 18.2 Å². The van der Waals surface area contributed by atoms with Crippen molar-refractivity contribution in [2.75, 3.05) is 21.0 Å². The summed E-state index contributed by atoms with van der Waals surface area (Å²) in [5, 5.41) is 30.3. The number of allylic oxidation sites excluding steroid dienone is 2. The average molecular weight is 607 g/mol. The molecule has 1 aromatic rings. The van der Waals surface area contributed by atoms with Crippen LogP contribution in [0.3, 0.4) is 0 Å². The van der Waals surface area contributed by atoms with Crippen molar-refractivity contribution in [2.24, 2.45) is 11.8 Å². The van der Waals surface area contributed by atoms with Crippen LogP contribution < -0.4 is 0 Å². The second-order valence-corrected chi connectivity index (χ2v) is 11.0. The van der Waals surface area contributed by atoms with Crippen LogP contribution in [0, 0.1) is 11.8 Å². The Morgan fingerprint density at radius 1 is 1.12 bits per heavy atom. The molecule has 2 aliphatic rings. The molecule has 238 valence electrons. The highest BCUT2D eigenvalue weighted by Gasteiger charge is 2.48. The molecule has 1 aliphatic carbocycles. The van der Waals surface area contributed by atoms with E-state index in [2.05, 4.69) is 0 Å². The number of aliphatic hydroxyl groups excluding tert-OH is 2. The zero-order valence-electron chi connectivity index (χ0n) is 25.4. The van der Waals surface area contributed by atoms with Crippen molar-refractivity contribution in [3.8, 4) is 0 Å². The number of esters is 1. The third-order valence-electron chi connectivity index (χ3n) is 7.21. The summed E-state index contributed by atoms with van der Waals surface area (Å²) < 4.78 is 49.7. The van der Waals surface area contributed by atoms with E-state index in [0.717, 1.165) is 0 Å². The van der Waals surface area contributed by atoms with Gasteiger partial charge in [0.25, 0.3) is 0 Å². The predicted octanol–water partition coefficient (Wildman–Crippen LogP) is 3.94. The van der Waals surface area contributed by atoms with Crippen LogP contribution in [0.1, 0.15) is 44.5 Å². The first kappa shape index (κ1) is 34.6. The summed E-state index contributed by atoms with van der Waals surface area (Å²) in [6, 6.07) is 8.21. The van der Waals surface area contributed by atoms with Crippen LogP contribution in [0.25, 0.3) is 0 Å². The maximum atomic E-state index is 15.8. The number of benzene rings is 1. The van der Waals surface area contributed by atoms with Crippen molar-refractivity contribution in [2.45, 2.75) is 76.7 Å². The first-order valence-corrected chi connectivity index (χ1v) is 14.1. The Labute approximate surface area is 252 Å². The number of hydrogen-bond acceptors (Lipinski definition) is 10. The molecular formula is C32H43FO10. The molecule has 0 bridgehead atoms. The Balaban J connectivity index is 1.90. The Kier molecular flexibility index (Phi) is 12.6. The van der Waals surface area contributed by atoms with Crippen molar-refractivity contribution in [1.29, 1.82) is 0 Å². The lowest BCUT2D eigenvalue weighted by Gasteiger charge is -2.31. The second kappa shape index (κ2) is 15.7. The van der Waals surface area contributed by atoms with Crippen LogP contribution in [0.2, 0.25) is 0 Å². The van der Waals surface area contributed by atoms with Crippen molar-refractivity contribution >= 4 is 5.97 Å². The molecule has 0 radical (unpaired) electrons. The summed E-state index contributed by atoms with van der Waals surface area (Å²) in [6.07, 6.45) is 1.49. The van der Waals surface area contributed by atoms with Crippen molar-refractivity contribution in [1.82, 2.24) is 0 Å². The zero-order valence-corrected chi connectivity index (χ0v) is 25.4. The number of hydrogen-bond donors (Lipinski definition) is 3. The number of carbonyl (C=O) groups excluding carboxylic acids is 1. The molecule has 2 unspecified atom stereocenters. The van der Waals surface area contributed by atoms with E-state index in [9.17, 15) is 20.1 Å². The minimum absolute atomic E-state index is 0.0712. The molecule has 0 saturated carbocycles. The van der Waals surface area contributed by atoms with Crippen LogP contribution >= 0.6 is 0 Å². The molecule has 1 saturated heterocycles. The quantitative estimate of drug-likeness (QED) is 0.211. The summed E-state index contributed by atoms with van der Waals surface area (Å²) in [5.74, 6) is -3.60. The SMILES string of the molecule is COCO[C@@H]1C=C(OC)C=C(/C=C/C[C@@H]2OC(C)(C)O[C@@H]2C(OC(=O)c2ccccc2)/C(F)=C\[C@H](C)[C@H](C)O)C1C(O)O. The molecule has 1 fully saturated rings. The smallest absolute Gasteiger partial charge is 0.338 e. The van der Waals surface area contributed by atoms with Crippen molar-refractivity contribution in [3.63, 3.8) is 0 Å². The number of carbonyl (C=O) groups is 1. The molecule has 0 amide bonds. The number of aliphatic hydroxyl groups is 3. The summed E-state index contributed by atoms with van der Waals surface area (Å²) in [6.45, 7) is 6.46. The van der Waals surface area contributed by atoms with Gasteiger partial charge in [0.05, 0.1) is 36.9 Å². The van der Waals surface area contributed by atoms with Crippen molar-refractivity contribution in [3.05, 3.63) is 83.4 Å². The van der Waals surface area contributed by atoms with Crippen LogP contribution in [0.4, 0.5) is 4.39 Å². The molecule has 43 heavy (non-hydrogen) atoms. The molecule has 11 heteroatoms. The Bertz CT molecular complexity index is 1170. The maximum Gasteiger partial charge on any atom is 0.338 e. The fourth-order valence-corrected chi connectivity index (χ4v) is 4.85. The van der Waals surface area contributed by atoms with Crippen LogP contribution in [0.5, 0.6) is 0 Å². The predicted molar refractivity (Wildman–Crippen MR) is 155 cm³/mol. The molecule has 1 aromatic carbocycles. The Morgan fingerprint density at radius 3 is 2.42 bits per heavy atom. The maximum absolute atomic E-state index is 15.8. The van der Waals surface area contributed by atoms with Gasteiger partial charge in [-0.05, 0) is 63.1 Å². The van der Waals surface area contributed by atoms with E-state index in [1.807, 2.05) is 0 Å². The molecule has 3 N–H and O–H groups in total. The highest BCUT2D eigenvalue weighted by atomic mass is 19.1. The van der Waals surface area contributed by atoms with E-state index in [1.165, 1.54) is 27.2 Å². The fourth-order valence-electron chi connectivity index (χ4n) is 4.85. The van der Waals surface area contributed by atoms with E-state index < -0.39 is 66.2 Å². The summed E-state index contributed by atoms with van der Waals surface area (Å²) >= 11 is 0. The minimum Gasteiger partial charge on any atom is -0.497 e. The van der Waals surface area contributed by atoms with E-state index in [1.54, 1.807) is 75.4 Å². The van der Waals surface area contributed by atoms with E-state index >= 15 is 4.39 Å². The Morgan fingerprint density at radius 2 is 1.81 bits per heavy atom. The van der Waals surface area contributed by atoms with E-state index in [-0.39, 0.29) is 18.8 Å². The molecule has 0 spiro atoms. The number of rotatable bonds is 14. The van der Waals surface area contributed by atoms with Gasteiger partial charge in [-0.3, -0.25) is 0 Å². The van der Waals surface area contributed by atoms with E-state index in [0.29, 0.717) is 11.3 Å². The topological polar surface area (TPSA) is 133 Å². The largest absolute Gasteiger partial charge is 0.497 e.